The predicted octanol–water partition coefficient (Wildman–Crippen LogP) is 2.07. The van der Waals surface area contributed by atoms with E-state index in [0.717, 1.165) is 19.4 Å². The van der Waals surface area contributed by atoms with Gasteiger partial charge in [0.15, 0.2) is 0 Å². The van der Waals surface area contributed by atoms with Crippen molar-refractivity contribution in [1.82, 2.24) is 15.2 Å². The third-order valence-electron chi connectivity index (χ3n) is 4.01. The van der Waals surface area contributed by atoms with Gasteiger partial charge in [-0.05, 0) is 36.8 Å². The van der Waals surface area contributed by atoms with Crippen molar-refractivity contribution < 1.29 is 9.59 Å². The molecule has 0 saturated carbocycles. The summed E-state index contributed by atoms with van der Waals surface area (Å²) in [5.74, 6) is 0.971. The maximum Gasteiger partial charge on any atom is 0.317 e. The highest BCUT2D eigenvalue weighted by Crippen LogP contribution is 2.20. The van der Waals surface area contributed by atoms with Crippen LogP contribution in [0.5, 0.6) is 0 Å². The minimum atomic E-state index is -0.0592. The van der Waals surface area contributed by atoms with Crippen molar-refractivity contribution >= 4 is 23.4 Å². The van der Waals surface area contributed by atoms with Gasteiger partial charge in [0.25, 0.3) is 0 Å². The molecule has 1 fully saturated rings. The van der Waals surface area contributed by atoms with Crippen LogP contribution in [0.25, 0.3) is 0 Å². The fourth-order valence-electron chi connectivity index (χ4n) is 2.77. The average molecular weight is 333 g/mol. The third-order valence-corrected chi connectivity index (χ3v) is 4.01. The summed E-state index contributed by atoms with van der Waals surface area (Å²) < 4.78 is 0. The standard InChI is InChI=1S/C17H27N5O2/c1-12(2)9-20-17(24)22-7-3-4-13(11-22)8-16(23)21-14-5-6-15(18)19-10-14/h5-6,10,12-13H,3-4,7-9,11H2,1-2H3,(H2,18,19)(H,20,24)(H,21,23). The van der Waals surface area contributed by atoms with Crippen LogP contribution >= 0.6 is 0 Å². The molecule has 132 valence electrons. The molecule has 1 aliphatic heterocycles. The topological polar surface area (TPSA) is 100 Å². The van der Waals surface area contributed by atoms with Crippen molar-refractivity contribution in [2.24, 2.45) is 11.8 Å². The van der Waals surface area contributed by atoms with Gasteiger partial charge in [0.1, 0.15) is 5.82 Å². The number of rotatable bonds is 5. The first-order valence-corrected chi connectivity index (χ1v) is 8.48. The summed E-state index contributed by atoms with van der Waals surface area (Å²) in [4.78, 5) is 30.1. The lowest BCUT2D eigenvalue weighted by molar-refractivity contribution is -0.117. The fourth-order valence-corrected chi connectivity index (χ4v) is 2.77. The van der Waals surface area contributed by atoms with Crippen LogP contribution in [0, 0.1) is 11.8 Å². The molecule has 7 nitrogen and oxygen atoms in total. The molecule has 2 rings (SSSR count). The highest BCUT2D eigenvalue weighted by atomic mass is 16.2. The summed E-state index contributed by atoms with van der Waals surface area (Å²) in [5.41, 5.74) is 6.16. The van der Waals surface area contributed by atoms with Crippen LogP contribution in [0.4, 0.5) is 16.3 Å². The highest BCUT2D eigenvalue weighted by molar-refractivity contribution is 5.90. The van der Waals surface area contributed by atoms with Crippen molar-refractivity contribution in [3.05, 3.63) is 18.3 Å². The Kier molecular flexibility index (Phi) is 6.40. The van der Waals surface area contributed by atoms with Gasteiger partial charge in [0, 0.05) is 26.1 Å². The minimum Gasteiger partial charge on any atom is -0.384 e. The second-order valence-corrected chi connectivity index (χ2v) is 6.76. The number of pyridine rings is 1. The van der Waals surface area contributed by atoms with Crippen LogP contribution in [0.15, 0.2) is 18.3 Å². The molecule has 1 aromatic heterocycles. The van der Waals surface area contributed by atoms with E-state index in [1.165, 1.54) is 0 Å². The van der Waals surface area contributed by atoms with E-state index < -0.39 is 0 Å². The number of amides is 3. The van der Waals surface area contributed by atoms with Crippen LogP contribution in [0.3, 0.4) is 0 Å². The molecule has 1 aromatic rings. The van der Waals surface area contributed by atoms with Crippen LogP contribution in [0.2, 0.25) is 0 Å². The van der Waals surface area contributed by atoms with Gasteiger partial charge in [-0.3, -0.25) is 4.79 Å². The molecule has 24 heavy (non-hydrogen) atoms. The van der Waals surface area contributed by atoms with E-state index >= 15 is 0 Å². The number of anilines is 2. The van der Waals surface area contributed by atoms with Crippen LogP contribution < -0.4 is 16.4 Å². The number of nitrogens with one attached hydrogen (secondary N) is 2. The number of carbonyl (C=O) groups is 2. The van der Waals surface area contributed by atoms with Crippen LogP contribution in [-0.4, -0.2) is 41.5 Å². The highest BCUT2D eigenvalue weighted by Gasteiger charge is 2.25. The van der Waals surface area contributed by atoms with E-state index in [9.17, 15) is 9.59 Å². The first-order chi connectivity index (χ1) is 11.4. The molecule has 1 atom stereocenters. The Hall–Kier alpha value is -2.31. The van der Waals surface area contributed by atoms with Crippen molar-refractivity contribution in [1.29, 1.82) is 0 Å². The van der Waals surface area contributed by atoms with E-state index in [0.29, 0.717) is 36.9 Å². The predicted molar refractivity (Wildman–Crippen MR) is 94.4 cm³/mol. The summed E-state index contributed by atoms with van der Waals surface area (Å²) in [5, 5.41) is 5.76. The molecule has 0 spiro atoms. The summed E-state index contributed by atoms with van der Waals surface area (Å²) in [6.45, 7) is 6.18. The van der Waals surface area contributed by atoms with Gasteiger partial charge in [-0.2, -0.15) is 0 Å². The monoisotopic (exact) mass is 333 g/mol. The molecule has 0 radical (unpaired) electrons. The molecule has 1 unspecified atom stereocenters. The van der Waals surface area contributed by atoms with E-state index in [1.807, 2.05) is 4.90 Å². The van der Waals surface area contributed by atoms with Crippen LogP contribution in [-0.2, 0) is 4.79 Å². The third kappa shape index (κ3) is 5.72. The van der Waals surface area contributed by atoms with Gasteiger partial charge in [-0.1, -0.05) is 13.8 Å². The molecule has 0 bridgehead atoms. The van der Waals surface area contributed by atoms with Gasteiger partial charge >= 0.3 is 6.03 Å². The number of nitrogen functional groups attached to an aromatic ring is 1. The maximum absolute atomic E-state index is 12.2. The first kappa shape index (κ1) is 18.0. The Labute approximate surface area is 143 Å². The van der Waals surface area contributed by atoms with Crippen molar-refractivity contribution in [3.63, 3.8) is 0 Å². The summed E-state index contributed by atoms with van der Waals surface area (Å²) in [7, 11) is 0. The molecule has 2 heterocycles. The fraction of sp³-hybridized carbons (Fsp3) is 0.588. The average Bonchev–Trinajstić information content (AvgIpc) is 2.55. The Morgan fingerprint density at radius 1 is 1.42 bits per heavy atom. The van der Waals surface area contributed by atoms with E-state index in [2.05, 4.69) is 29.5 Å². The number of nitrogens with two attached hydrogens (primary N) is 1. The number of piperidine rings is 1. The molecule has 0 aromatic carbocycles. The van der Waals surface area contributed by atoms with Crippen LogP contribution in [0.1, 0.15) is 33.1 Å². The summed E-state index contributed by atoms with van der Waals surface area (Å²) in [6.07, 6.45) is 3.83. The van der Waals surface area contributed by atoms with Gasteiger partial charge in [-0.15, -0.1) is 0 Å². The molecule has 7 heteroatoms. The van der Waals surface area contributed by atoms with E-state index in [1.54, 1.807) is 18.3 Å². The summed E-state index contributed by atoms with van der Waals surface area (Å²) in [6, 6.07) is 3.35. The Bertz CT molecular complexity index is 559. The van der Waals surface area contributed by atoms with Gasteiger partial charge in [0.05, 0.1) is 11.9 Å². The molecule has 0 aliphatic carbocycles. The number of likely N-dealkylation sites (tertiary alicyclic amines) is 1. The molecule has 3 amide bonds. The number of carbonyl (C=O) groups excluding carboxylic acids is 2. The smallest absolute Gasteiger partial charge is 0.317 e. The van der Waals surface area contributed by atoms with Gasteiger partial charge < -0.3 is 21.3 Å². The zero-order valence-corrected chi connectivity index (χ0v) is 14.4. The second kappa shape index (κ2) is 8.52. The normalized spacial score (nSPS) is 17.6. The van der Waals surface area contributed by atoms with Gasteiger partial charge in [-0.25, -0.2) is 9.78 Å². The van der Waals surface area contributed by atoms with Gasteiger partial charge in [0.2, 0.25) is 5.91 Å². The minimum absolute atomic E-state index is 0.0310. The zero-order valence-electron chi connectivity index (χ0n) is 14.4. The second-order valence-electron chi connectivity index (χ2n) is 6.76. The molecular weight excluding hydrogens is 306 g/mol. The Morgan fingerprint density at radius 3 is 2.88 bits per heavy atom. The van der Waals surface area contributed by atoms with Crippen molar-refractivity contribution in [2.75, 3.05) is 30.7 Å². The SMILES string of the molecule is CC(C)CNC(=O)N1CCCC(CC(=O)Nc2ccc(N)nc2)C1. The lowest BCUT2D eigenvalue weighted by atomic mass is 9.94. The maximum atomic E-state index is 12.2. The largest absolute Gasteiger partial charge is 0.384 e. The molecule has 1 aliphatic rings. The number of urea groups is 1. The number of aromatic nitrogens is 1. The Morgan fingerprint density at radius 2 is 2.21 bits per heavy atom. The van der Waals surface area contributed by atoms with E-state index in [4.69, 9.17) is 5.73 Å². The molecular formula is C17H27N5O2. The zero-order chi connectivity index (χ0) is 17.5. The number of nitrogens with zero attached hydrogens (tertiary/aromatic N) is 2. The van der Waals surface area contributed by atoms with E-state index in [-0.39, 0.29) is 17.9 Å². The first-order valence-electron chi connectivity index (χ1n) is 8.48. The summed E-state index contributed by atoms with van der Waals surface area (Å²) >= 11 is 0. The van der Waals surface area contributed by atoms with Crippen molar-refractivity contribution in [2.45, 2.75) is 33.1 Å². The molecule has 1 saturated heterocycles. The lowest BCUT2D eigenvalue weighted by Gasteiger charge is -2.32. The number of hydrogen-bond donors (Lipinski definition) is 3. The lowest BCUT2D eigenvalue weighted by Crippen LogP contribution is -2.46. The Balaban J connectivity index is 1.80. The molecule has 4 N–H and O–H groups in total. The quantitative estimate of drug-likeness (QED) is 0.768. The number of hydrogen-bond acceptors (Lipinski definition) is 4. The van der Waals surface area contributed by atoms with Crippen molar-refractivity contribution in [3.8, 4) is 0 Å².